The number of aromatic amines is 1. The van der Waals surface area contributed by atoms with Gasteiger partial charge in [-0.15, -0.1) is 0 Å². The number of benzene rings is 1. The molecule has 2 aliphatic rings. The Kier molecular flexibility index (Phi) is 6.50. The quantitative estimate of drug-likeness (QED) is 0.277. The first kappa shape index (κ1) is 26.9. The van der Waals surface area contributed by atoms with Gasteiger partial charge in [-0.2, -0.15) is 5.10 Å². The number of hydrogen-bond acceptors (Lipinski definition) is 5. The number of nitrogens with one attached hydrogen (secondary N) is 1. The van der Waals surface area contributed by atoms with Crippen LogP contribution in [0.3, 0.4) is 0 Å². The van der Waals surface area contributed by atoms with Gasteiger partial charge < -0.3 is 14.5 Å². The van der Waals surface area contributed by atoms with Gasteiger partial charge in [0, 0.05) is 39.1 Å². The number of rotatable bonds is 7. The number of ether oxygens (including phenoxy) is 2. The van der Waals surface area contributed by atoms with Crippen molar-refractivity contribution in [3.63, 3.8) is 0 Å². The molecule has 38 heavy (non-hydrogen) atoms. The lowest BCUT2D eigenvalue weighted by atomic mass is 9.87. The molecule has 206 valence electrons. The smallest absolute Gasteiger partial charge is 0.414 e. The van der Waals surface area contributed by atoms with Gasteiger partial charge in [-0.05, 0) is 63.5 Å². The van der Waals surface area contributed by atoms with E-state index in [-0.39, 0.29) is 5.52 Å². The molecule has 0 saturated heterocycles. The van der Waals surface area contributed by atoms with Crippen LogP contribution in [0.15, 0.2) is 12.1 Å². The highest BCUT2D eigenvalue weighted by Crippen LogP contribution is 2.60. The van der Waals surface area contributed by atoms with Crippen LogP contribution in [0.5, 0.6) is 0 Å². The minimum absolute atomic E-state index is 0.225. The van der Waals surface area contributed by atoms with Crippen molar-refractivity contribution in [1.82, 2.24) is 19.7 Å². The van der Waals surface area contributed by atoms with Crippen LogP contribution in [-0.4, -0.2) is 53.2 Å². The molecule has 10 heteroatoms. The molecule has 5 rings (SSSR count). The Morgan fingerprint density at radius 1 is 1.32 bits per heavy atom. The standard InChI is InChI=1S/C28H40FN5O3Si/c1-27(2,3)37-26(35)33(5)18-12-20(29)24-21(13-18)30-25(31-24)23-19-11-17-14-28(17,4)15-22(19)34(32-23)16-36-9-10-38(6,7)8/h12-13,17H,9-11,14-16H2,1-8H3,(H,30,31)/t17-,28-/m1/s1. The Labute approximate surface area is 224 Å². The van der Waals surface area contributed by atoms with Crippen molar-refractivity contribution in [3.05, 3.63) is 29.2 Å². The fourth-order valence-corrected chi connectivity index (χ4v) is 6.00. The Bertz CT molecular complexity index is 1390. The highest BCUT2D eigenvalue weighted by atomic mass is 28.3. The van der Waals surface area contributed by atoms with E-state index in [0.717, 1.165) is 31.2 Å². The SMILES string of the molecule is CN(C(=O)OC(C)(C)C)c1cc(F)c2nc(-c3nn(COCC[Si](C)(C)C)c4c3C[C@@H]3C[C@]3(C)C4)[nH]c2c1. The van der Waals surface area contributed by atoms with Gasteiger partial charge in [0.25, 0.3) is 0 Å². The van der Waals surface area contributed by atoms with E-state index in [9.17, 15) is 4.79 Å². The predicted molar refractivity (Wildman–Crippen MR) is 150 cm³/mol. The molecule has 2 aromatic heterocycles. The topological polar surface area (TPSA) is 85.3 Å². The lowest BCUT2D eigenvalue weighted by Gasteiger charge is -2.24. The molecule has 3 aromatic rings. The molecular weight excluding hydrogens is 501 g/mol. The number of carbonyl (C=O) groups is 1. The van der Waals surface area contributed by atoms with Gasteiger partial charge in [-0.25, -0.2) is 18.9 Å². The molecule has 0 radical (unpaired) electrons. The highest BCUT2D eigenvalue weighted by Gasteiger charge is 2.54. The van der Waals surface area contributed by atoms with Gasteiger partial charge in [0.15, 0.2) is 11.6 Å². The lowest BCUT2D eigenvalue weighted by Crippen LogP contribution is -2.34. The summed E-state index contributed by atoms with van der Waals surface area (Å²) in [5.41, 5.74) is 3.96. The summed E-state index contributed by atoms with van der Waals surface area (Å²) in [7, 11) is 0.387. The van der Waals surface area contributed by atoms with E-state index >= 15 is 4.39 Å². The first-order valence-corrected chi connectivity index (χ1v) is 17.2. The van der Waals surface area contributed by atoms with E-state index in [1.165, 1.54) is 28.6 Å². The number of hydrogen-bond donors (Lipinski definition) is 1. The van der Waals surface area contributed by atoms with Crippen molar-refractivity contribution in [2.75, 3.05) is 18.6 Å². The molecule has 1 saturated carbocycles. The summed E-state index contributed by atoms with van der Waals surface area (Å²) in [6, 6.07) is 4.14. The van der Waals surface area contributed by atoms with E-state index in [1.807, 2.05) is 4.68 Å². The number of halogens is 1. The number of aromatic nitrogens is 4. The van der Waals surface area contributed by atoms with Crippen LogP contribution in [-0.2, 0) is 29.0 Å². The lowest BCUT2D eigenvalue weighted by molar-refractivity contribution is 0.0589. The average molecular weight is 542 g/mol. The van der Waals surface area contributed by atoms with Crippen LogP contribution < -0.4 is 4.90 Å². The normalized spacial score (nSPS) is 20.8. The summed E-state index contributed by atoms with van der Waals surface area (Å²) in [6.07, 6.45) is 2.58. The summed E-state index contributed by atoms with van der Waals surface area (Å²) in [4.78, 5) is 21.8. The molecule has 0 spiro atoms. The molecule has 1 aromatic carbocycles. The molecule has 1 fully saturated rings. The Balaban J connectivity index is 1.46. The number of anilines is 1. The van der Waals surface area contributed by atoms with Crippen molar-refractivity contribution in [2.24, 2.45) is 11.3 Å². The molecule has 1 N–H and O–H groups in total. The second-order valence-corrected chi connectivity index (χ2v) is 19.1. The molecule has 2 aliphatic carbocycles. The van der Waals surface area contributed by atoms with E-state index in [1.54, 1.807) is 33.9 Å². The molecule has 2 heterocycles. The van der Waals surface area contributed by atoms with Gasteiger partial charge >= 0.3 is 6.09 Å². The Morgan fingerprint density at radius 2 is 2.05 bits per heavy atom. The molecule has 0 bridgehead atoms. The average Bonchev–Trinajstić information content (AvgIpc) is 3.09. The van der Waals surface area contributed by atoms with Crippen molar-refractivity contribution < 1.29 is 18.7 Å². The predicted octanol–water partition coefficient (Wildman–Crippen LogP) is 6.37. The molecule has 8 nitrogen and oxygen atoms in total. The maximum Gasteiger partial charge on any atom is 0.414 e. The van der Waals surface area contributed by atoms with Crippen molar-refractivity contribution in [3.8, 4) is 11.5 Å². The largest absolute Gasteiger partial charge is 0.443 e. The zero-order valence-electron chi connectivity index (χ0n) is 23.9. The number of fused-ring (bicyclic) bond motifs is 3. The van der Waals surface area contributed by atoms with E-state index < -0.39 is 25.6 Å². The van der Waals surface area contributed by atoms with Crippen LogP contribution in [0, 0.1) is 17.2 Å². The van der Waals surface area contributed by atoms with Crippen molar-refractivity contribution >= 4 is 30.9 Å². The summed E-state index contributed by atoms with van der Waals surface area (Å²) >= 11 is 0. The van der Waals surface area contributed by atoms with Gasteiger partial charge in [-0.3, -0.25) is 4.90 Å². The monoisotopic (exact) mass is 541 g/mol. The maximum absolute atomic E-state index is 15.2. The molecule has 1 amide bonds. The van der Waals surface area contributed by atoms with Crippen molar-refractivity contribution in [2.45, 2.75) is 85.0 Å². The van der Waals surface area contributed by atoms with Gasteiger partial charge in [0.1, 0.15) is 23.5 Å². The summed E-state index contributed by atoms with van der Waals surface area (Å²) in [6.45, 7) is 15.9. The zero-order chi connectivity index (χ0) is 27.6. The summed E-state index contributed by atoms with van der Waals surface area (Å²) in [5.74, 6) is 0.680. The fourth-order valence-electron chi connectivity index (χ4n) is 5.24. The number of carbonyl (C=O) groups excluding carboxylic acids is 1. The minimum Gasteiger partial charge on any atom is -0.443 e. The number of amides is 1. The summed E-state index contributed by atoms with van der Waals surface area (Å²) < 4.78 is 28.7. The van der Waals surface area contributed by atoms with Crippen LogP contribution in [0.1, 0.15) is 45.4 Å². The third-order valence-electron chi connectivity index (χ3n) is 7.74. The van der Waals surface area contributed by atoms with Gasteiger partial charge in [0.2, 0.25) is 0 Å². The van der Waals surface area contributed by atoms with Crippen molar-refractivity contribution in [1.29, 1.82) is 0 Å². The van der Waals surface area contributed by atoms with Gasteiger partial charge in [0.05, 0.1) is 11.2 Å². The molecule has 0 unspecified atom stereocenters. The van der Waals surface area contributed by atoms with E-state index in [4.69, 9.17) is 14.6 Å². The van der Waals surface area contributed by atoms with Crippen LogP contribution in [0.2, 0.25) is 25.7 Å². The second-order valence-electron chi connectivity index (χ2n) is 13.5. The van der Waals surface area contributed by atoms with Crippen LogP contribution >= 0.6 is 0 Å². The highest BCUT2D eigenvalue weighted by molar-refractivity contribution is 6.76. The third-order valence-corrected chi connectivity index (χ3v) is 9.44. The third kappa shape index (κ3) is 5.38. The number of H-pyrrole nitrogens is 1. The van der Waals surface area contributed by atoms with Crippen LogP contribution in [0.25, 0.3) is 22.6 Å². The van der Waals surface area contributed by atoms with Gasteiger partial charge in [-0.1, -0.05) is 26.6 Å². The Morgan fingerprint density at radius 3 is 2.74 bits per heavy atom. The molecular formula is C28H40FN5O3Si. The minimum atomic E-state index is -1.18. The summed E-state index contributed by atoms with van der Waals surface area (Å²) in [5, 5.41) is 4.94. The maximum atomic E-state index is 15.2. The first-order valence-electron chi connectivity index (χ1n) is 13.5. The number of imidazole rings is 1. The first-order chi connectivity index (χ1) is 17.6. The molecule has 0 aliphatic heterocycles. The van der Waals surface area contributed by atoms with E-state index in [2.05, 4.69) is 36.5 Å². The fraction of sp³-hybridized carbons (Fsp3) is 0.607. The van der Waals surface area contributed by atoms with E-state index in [0.29, 0.717) is 35.1 Å². The Hall–Kier alpha value is -2.72. The molecule has 2 atom stereocenters. The van der Waals surface area contributed by atoms with Crippen LogP contribution in [0.4, 0.5) is 14.9 Å². The second kappa shape index (κ2) is 9.19. The number of nitrogens with zero attached hydrogens (tertiary/aromatic N) is 4. The zero-order valence-corrected chi connectivity index (χ0v) is 24.9.